The SMILES string of the molecule is Cc1ccccc1C(=O)NC1=c2ccccc2=C(CCNC2CCNC2)CC1C. The van der Waals surface area contributed by atoms with Crippen LogP contribution in [-0.4, -0.2) is 31.6 Å². The molecule has 152 valence electrons. The number of benzene rings is 2. The van der Waals surface area contributed by atoms with Gasteiger partial charge < -0.3 is 16.0 Å². The first kappa shape index (κ1) is 19.9. The van der Waals surface area contributed by atoms with Gasteiger partial charge in [-0.25, -0.2) is 0 Å². The van der Waals surface area contributed by atoms with Crippen molar-refractivity contribution in [3.8, 4) is 0 Å². The third-order valence-electron chi connectivity index (χ3n) is 6.20. The van der Waals surface area contributed by atoms with Gasteiger partial charge in [0, 0.05) is 35.0 Å². The van der Waals surface area contributed by atoms with E-state index >= 15 is 0 Å². The zero-order chi connectivity index (χ0) is 20.2. The predicted molar refractivity (Wildman–Crippen MR) is 119 cm³/mol. The molecule has 2 aliphatic rings. The van der Waals surface area contributed by atoms with Crippen LogP contribution >= 0.6 is 0 Å². The number of fused-ring (bicyclic) bond motifs is 1. The maximum Gasteiger partial charge on any atom is 0.255 e. The van der Waals surface area contributed by atoms with E-state index < -0.39 is 0 Å². The Morgan fingerprint density at radius 3 is 2.62 bits per heavy atom. The molecule has 1 aliphatic carbocycles. The number of hydrogen-bond donors (Lipinski definition) is 3. The second-order valence-electron chi connectivity index (χ2n) is 8.33. The van der Waals surface area contributed by atoms with Crippen molar-refractivity contribution >= 4 is 17.2 Å². The van der Waals surface area contributed by atoms with Crippen molar-refractivity contribution in [2.24, 2.45) is 5.92 Å². The highest BCUT2D eigenvalue weighted by Crippen LogP contribution is 2.23. The molecule has 4 heteroatoms. The molecule has 1 saturated heterocycles. The number of carbonyl (C=O) groups is 1. The van der Waals surface area contributed by atoms with Crippen molar-refractivity contribution in [3.05, 3.63) is 70.1 Å². The Balaban J connectivity index is 1.61. The average Bonchev–Trinajstić information content (AvgIpc) is 3.24. The van der Waals surface area contributed by atoms with E-state index in [-0.39, 0.29) is 5.91 Å². The molecule has 2 aromatic carbocycles. The van der Waals surface area contributed by atoms with Gasteiger partial charge in [0.15, 0.2) is 0 Å². The number of amides is 1. The number of rotatable bonds is 6. The molecule has 0 saturated carbocycles. The van der Waals surface area contributed by atoms with Crippen LogP contribution in [0.2, 0.25) is 0 Å². The van der Waals surface area contributed by atoms with Crippen LogP contribution in [0.5, 0.6) is 0 Å². The molecule has 3 N–H and O–H groups in total. The molecule has 1 fully saturated rings. The molecule has 4 rings (SSSR count). The van der Waals surface area contributed by atoms with E-state index in [9.17, 15) is 4.79 Å². The fourth-order valence-electron chi connectivity index (χ4n) is 4.57. The number of carbonyl (C=O) groups excluding carboxylic acids is 1. The van der Waals surface area contributed by atoms with E-state index in [4.69, 9.17) is 0 Å². The maximum atomic E-state index is 12.9. The first-order valence-electron chi connectivity index (χ1n) is 10.8. The maximum absolute atomic E-state index is 12.9. The Morgan fingerprint density at radius 2 is 1.86 bits per heavy atom. The summed E-state index contributed by atoms with van der Waals surface area (Å²) in [5, 5.41) is 12.8. The second-order valence-corrected chi connectivity index (χ2v) is 8.33. The summed E-state index contributed by atoms with van der Waals surface area (Å²) < 4.78 is 0. The lowest BCUT2D eigenvalue weighted by Gasteiger charge is -2.24. The van der Waals surface area contributed by atoms with Crippen molar-refractivity contribution in [1.82, 2.24) is 16.0 Å². The summed E-state index contributed by atoms with van der Waals surface area (Å²) in [7, 11) is 0. The van der Waals surface area contributed by atoms with Crippen LogP contribution in [-0.2, 0) is 0 Å². The zero-order valence-electron chi connectivity index (χ0n) is 17.4. The topological polar surface area (TPSA) is 53.2 Å². The minimum atomic E-state index is -0.0152. The molecule has 2 atom stereocenters. The van der Waals surface area contributed by atoms with Crippen molar-refractivity contribution < 1.29 is 4.79 Å². The van der Waals surface area contributed by atoms with Crippen molar-refractivity contribution in [3.63, 3.8) is 0 Å². The minimum absolute atomic E-state index is 0.0152. The molecule has 0 aromatic heterocycles. The predicted octanol–water partition coefficient (Wildman–Crippen LogP) is 2.07. The highest BCUT2D eigenvalue weighted by atomic mass is 16.1. The average molecular weight is 390 g/mol. The van der Waals surface area contributed by atoms with Crippen LogP contribution in [0.3, 0.4) is 0 Å². The summed E-state index contributed by atoms with van der Waals surface area (Å²) in [6, 6.07) is 16.9. The third kappa shape index (κ3) is 4.44. The van der Waals surface area contributed by atoms with Crippen LogP contribution in [0.1, 0.15) is 42.1 Å². The molecule has 0 spiro atoms. The molecule has 1 aliphatic heterocycles. The third-order valence-corrected chi connectivity index (χ3v) is 6.20. The van der Waals surface area contributed by atoms with Crippen LogP contribution in [0.15, 0.2) is 48.5 Å². The summed E-state index contributed by atoms with van der Waals surface area (Å²) >= 11 is 0. The van der Waals surface area contributed by atoms with E-state index in [1.54, 1.807) is 0 Å². The van der Waals surface area contributed by atoms with Gasteiger partial charge in [0.2, 0.25) is 0 Å². The summed E-state index contributed by atoms with van der Waals surface area (Å²) in [5.41, 5.74) is 4.28. The summed E-state index contributed by atoms with van der Waals surface area (Å²) in [5.74, 6) is 0.277. The number of hydrogen-bond acceptors (Lipinski definition) is 3. The second kappa shape index (κ2) is 8.93. The lowest BCUT2D eigenvalue weighted by atomic mass is 9.87. The largest absolute Gasteiger partial charge is 0.325 e. The van der Waals surface area contributed by atoms with Gasteiger partial charge >= 0.3 is 0 Å². The monoisotopic (exact) mass is 389 g/mol. The van der Waals surface area contributed by atoms with Gasteiger partial charge in [0.1, 0.15) is 0 Å². The van der Waals surface area contributed by atoms with E-state index in [0.717, 1.165) is 49.3 Å². The van der Waals surface area contributed by atoms with Crippen LogP contribution in [0.25, 0.3) is 11.3 Å². The Hall–Kier alpha value is -2.43. The van der Waals surface area contributed by atoms with E-state index in [1.165, 1.54) is 22.4 Å². The van der Waals surface area contributed by atoms with E-state index in [1.807, 2.05) is 31.2 Å². The lowest BCUT2D eigenvalue weighted by Crippen LogP contribution is -2.42. The smallest absolute Gasteiger partial charge is 0.255 e. The molecule has 2 unspecified atom stereocenters. The normalized spacial score (nSPS) is 21.2. The molecule has 4 nitrogen and oxygen atoms in total. The minimum Gasteiger partial charge on any atom is -0.325 e. The molecule has 29 heavy (non-hydrogen) atoms. The van der Waals surface area contributed by atoms with Gasteiger partial charge in [-0.2, -0.15) is 0 Å². The number of aryl methyl sites for hydroxylation is 1. The Morgan fingerprint density at radius 1 is 1.10 bits per heavy atom. The molecular weight excluding hydrogens is 358 g/mol. The molecule has 2 aromatic rings. The lowest BCUT2D eigenvalue weighted by molar-refractivity contribution is 0.0970. The van der Waals surface area contributed by atoms with Crippen molar-refractivity contribution in [1.29, 1.82) is 0 Å². The van der Waals surface area contributed by atoms with Gasteiger partial charge in [-0.15, -0.1) is 0 Å². The zero-order valence-corrected chi connectivity index (χ0v) is 17.4. The van der Waals surface area contributed by atoms with Gasteiger partial charge in [-0.1, -0.05) is 55.0 Å². The van der Waals surface area contributed by atoms with Gasteiger partial charge in [-0.05, 0) is 56.1 Å². The van der Waals surface area contributed by atoms with Crippen LogP contribution < -0.4 is 26.4 Å². The Kier molecular flexibility index (Phi) is 6.12. The standard InChI is InChI=1S/C25H31N3O/c1-17-7-3-4-8-21(17)25(29)28-24-18(2)15-19(22-9-5-6-10-23(22)24)11-14-27-20-12-13-26-16-20/h3-10,18,20,26-27H,11-16H2,1-2H3,(H,28,29). The molecular formula is C25H31N3O. The molecule has 1 heterocycles. The fourth-order valence-corrected chi connectivity index (χ4v) is 4.57. The molecule has 0 radical (unpaired) electrons. The van der Waals surface area contributed by atoms with Gasteiger partial charge in [0.05, 0.1) is 0 Å². The summed E-state index contributed by atoms with van der Waals surface area (Å²) in [6.07, 6.45) is 3.26. The van der Waals surface area contributed by atoms with Crippen molar-refractivity contribution in [2.75, 3.05) is 19.6 Å². The fraction of sp³-hybridized carbons (Fsp3) is 0.400. The Labute approximate surface area is 173 Å². The number of nitrogens with one attached hydrogen (secondary N) is 3. The molecule has 0 bridgehead atoms. The quantitative estimate of drug-likeness (QED) is 0.709. The van der Waals surface area contributed by atoms with Crippen LogP contribution in [0.4, 0.5) is 0 Å². The first-order chi connectivity index (χ1) is 14.1. The van der Waals surface area contributed by atoms with Crippen LogP contribution in [0, 0.1) is 12.8 Å². The van der Waals surface area contributed by atoms with Gasteiger partial charge in [0.25, 0.3) is 5.91 Å². The first-order valence-corrected chi connectivity index (χ1v) is 10.8. The van der Waals surface area contributed by atoms with Crippen molar-refractivity contribution in [2.45, 2.75) is 39.2 Å². The van der Waals surface area contributed by atoms with E-state index in [2.05, 4.69) is 47.1 Å². The van der Waals surface area contributed by atoms with E-state index in [0.29, 0.717) is 12.0 Å². The highest BCUT2D eigenvalue weighted by Gasteiger charge is 2.21. The summed E-state index contributed by atoms with van der Waals surface area (Å²) in [4.78, 5) is 12.9. The van der Waals surface area contributed by atoms with Gasteiger partial charge in [-0.3, -0.25) is 4.79 Å². The molecule has 1 amide bonds. The summed E-state index contributed by atoms with van der Waals surface area (Å²) in [6.45, 7) is 7.40. The highest BCUT2D eigenvalue weighted by molar-refractivity contribution is 5.99. The Bertz CT molecular complexity index is 1000.